The summed E-state index contributed by atoms with van der Waals surface area (Å²) < 4.78 is 49.4. The molecular weight excluding hydrogens is 872 g/mol. The molecule has 0 amide bonds. The van der Waals surface area contributed by atoms with Crippen molar-refractivity contribution < 1.29 is 13.2 Å². The van der Waals surface area contributed by atoms with Gasteiger partial charge in [-0.15, -0.1) is 0 Å². The zero-order chi connectivity index (χ0) is 47.3. The molecule has 8 heteroatoms. The average molecular weight is 912 g/mol. The zero-order valence-corrected chi connectivity index (χ0v) is 37.5. The van der Waals surface area contributed by atoms with Crippen LogP contribution in [0.25, 0.3) is 71.0 Å². The second-order valence-electron chi connectivity index (χ2n) is 17.2. The van der Waals surface area contributed by atoms with Crippen LogP contribution in [0.5, 0.6) is 0 Å². The third kappa shape index (κ3) is 7.20. The van der Waals surface area contributed by atoms with Crippen molar-refractivity contribution in [1.82, 2.24) is 9.13 Å². The van der Waals surface area contributed by atoms with Crippen molar-refractivity contribution >= 4 is 83.4 Å². The maximum absolute atomic E-state index is 15.1. The number of aromatic nitrogens is 2. The lowest BCUT2D eigenvalue weighted by atomic mass is 9.97. The molecule has 12 rings (SSSR count). The van der Waals surface area contributed by atoms with Gasteiger partial charge in [0.2, 0.25) is 0 Å². The molecule has 12 aromatic rings. The minimum atomic E-state index is -4.63. The first-order chi connectivity index (χ1) is 34.3. The Kier molecular flexibility index (Phi) is 10.3. The summed E-state index contributed by atoms with van der Waals surface area (Å²) in [6, 6.07) is 78.8. The topological polar surface area (TPSA) is 20.7 Å². The highest BCUT2D eigenvalue weighted by Crippen LogP contribution is 2.46. The third-order valence-corrected chi connectivity index (χ3v) is 13.1. The van der Waals surface area contributed by atoms with Crippen molar-refractivity contribution in [1.29, 1.82) is 0 Å². The fraction of sp³-hybridized carbons (Fsp3) is 0.0161. The molecule has 70 heavy (non-hydrogen) atoms. The van der Waals surface area contributed by atoms with Gasteiger partial charge in [0.05, 0.1) is 39.9 Å². The molecule has 2 heterocycles. The number of rotatable bonds is 9. The van der Waals surface area contributed by atoms with Gasteiger partial charge in [-0.05, 0) is 121 Å². The average Bonchev–Trinajstić information content (AvgIpc) is 3.91. The van der Waals surface area contributed by atoms with Crippen molar-refractivity contribution in [3.8, 4) is 22.5 Å². The summed E-state index contributed by atoms with van der Waals surface area (Å²) in [6.45, 7) is 8.17. The van der Waals surface area contributed by atoms with E-state index in [1.165, 1.54) is 12.1 Å². The monoisotopic (exact) mass is 911 g/mol. The maximum Gasteiger partial charge on any atom is 0.416 e. The van der Waals surface area contributed by atoms with Gasteiger partial charge >= 0.3 is 6.18 Å². The van der Waals surface area contributed by atoms with Gasteiger partial charge in [-0.1, -0.05) is 121 Å². The Morgan fingerprint density at radius 3 is 1.20 bits per heavy atom. The van der Waals surface area contributed by atoms with E-state index >= 15 is 13.2 Å². The molecule has 0 aliphatic carbocycles. The summed E-state index contributed by atoms with van der Waals surface area (Å²) in [6.07, 6.45) is -4.63. The number of anilines is 6. The lowest BCUT2D eigenvalue weighted by molar-refractivity contribution is -0.137. The molecule has 10 aromatic carbocycles. The fourth-order valence-electron chi connectivity index (χ4n) is 10.0. The Labute approximate surface area is 402 Å². The van der Waals surface area contributed by atoms with Gasteiger partial charge in [-0.2, -0.15) is 13.2 Å². The number of nitrogens with zero attached hydrogens (tertiary/aromatic N) is 5. The largest absolute Gasteiger partial charge is 0.416 e. The van der Waals surface area contributed by atoms with Crippen LogP contribution in [-0.2, 0) is 6.18 Å². The number of hydrogen-bond donors (Lipinski definition) is 0. The summed E-state index contributed by atoms with van der Waals surface area (Å²) >= 11 is 0. The third-order valence-electron chi connectivity index (χ3n) is 13.1. The van der Waals surface area contributed by atoms with Crippen LogP contribution >= 0.6 is 0 Å². The Hall–Kier alpha value is -9.32. The molecule has 0 aliphatic rings. The maximum atomic E-state index is 15.1. The Balaban J connectivity index is 1.10. The molecule has 0 radical (unpaired) electrons. The van der Waals surface area contributed by atoms with Crippen LogP contribution in [0.3, 0.4) is 0 Å². The first kappa shape index (κ1) is 42.1. The van der Waals surface area contributed by atoms with Crippen molar-refractivity contribution in [2.24, 2.45) is 0 Å². The van der Waals surface area contributed by atoms with Gasteiger partial charge in [-0.25, -0.2) is 4.85 Å². The summed E-state index contributed by atoms with van der Waals surface area (Å²) in [5.41, 5.74) is 10.8. The first-order valence-corrected chi connectivity index (χ1v) is 22.9. The van der Waals surface area contributed by atoms with Gasteiger partial charge in [-0.3, -0.25) is 0 Å². The standard InChI is InChI=1S/C62H40F3N5/c1-66-43-31-34-52(61(39-43)70-57-29-17-15-27-51(57)55-41-49(33-37-60(55)70)68(46-22-10-4-11-23-46)47-24-12-5-13-25-47)53-38-42(62(63,64)65)30-35-58(53)69-56-28-16-14-26-50(56)54-40-48(32-36-59(54)69)67(44-18-6-2-7-19-44)45-20-8-3-9-21-45/h2-41H. The van der Waals surface area contributed by atoms with E-state index in [0.717, 1.165) is 77.7 Å². The highest BCUT2D eigenvalue weighted by atomic mass is 19.4. The SMILES string of the molecule is [C-]#[N+]c1ccc(-c2cc(C(F)(F)F)ccc2-n2c3ccccc3c3cc(N(c4ccccc4)c4ccccc4)ccc32)c(-n2c3ccccc3c3cc(N(c4ccccc4)c4ccccc4)ccc32)c1. The van der Waals surface area contributed by atoms with E-state index in [0.29, 0.717) is 28.2 Å². The summed E-state index contributed by atoms with van der Waals surface area (Å²) in [7, 11) is 0. The smallest absolute Gasteiger partial charge is 0.310 e. The van der Waals surface area contributed by atoms with Crippen LogP contribution in [0.1, 0.15) is 5.56 Å². The number of para-hydroxylation sites is 6. The molecule has 0 fully saturated rings. The minimum Gasteiger partial charge on any atom is -0.310 e. The number of benzene rings is 10. The van der Waals surface area contributed by atoms with Gasteiger partial charge in [0.1, 0.15) is 0 Å². The number of hydrogen-bond acceptors (Lipinski definition) is 2. The molecule has 0 N–H and O–H groups in total. The Bertz CT molecular complexity index is 3870. The summed E-state index contributed by atoms with van der Waals surface area (Å²) in [4.78, 5) is 8.27. The predicted molar refractivity (Wildman–Crippen MR) is 281 cm³/mol. The fourth-order valence-corrected chi connectivity index (χ4v) is 10.0. The van der Waals surface area contributed by atoms with Crippen LogP contribution in [-0.4, -0.2) is 9.13 Å². The molecule has 0 saturated heterocycles. The van der Waals surface area contributed by atoms with E-state index in [1.54, 1.807) is 24.3 Å². The van der Waals surface area contributed by atoms with Crippen molar-refractivity contribution in [3.63, 3.8) is 0 Å². The quantitative estimate of drug-likeness (QED) is 0.135. The molecular formula is C62H40F3N5. The molecule has 0 atom stereocenters. The van der Waals surface area contributed by atoms with Crippen LogP contribution in [0.4, 0.5) is 53.0 Å². The summed E-state index contributed by atoms with van der Waals surface area (Å²) in [5, 5.41) is 3.81. The predicted octanol–water partition coefficient (Wildman–Crippen LogP) is 18.1. The molecule has 334 valence electrons. The molecule has 0 aliphatic heterocycles. The van der Waals surface area contributed by atoms with Crippen LogP contribution in [0, 0.1) is 6.57 Å². The van der Waals surface area contributed by atoms with E-state index in [2.05, 4.69) is 121 Å². The number of alkyl halides is 3. The van der Waals surface area contributed by atoms with E-state index in [9.17, 15) is 0 Å². The second-order valence-corrected chi connectivity index (χ2v) is 17.2. The minimum absolute atomic E-state index is 0.361. The van der Waals surface area contributed by atoms with E-state index in [1.807, 2.05) is 109 Å². The van der Waals surface area contributed by atoms with E-state index < -0.39 is 11.7 Å². The van der Waals surface area contributed by atoms with Gasteiger partial charge < -0.3 is 18.9 Å². The van der Waals surface area contributed by atoms with E-state index in [-0.39, 0.29) is 0 Å². The van der Waals surface area contributed by atoms with Gasteiger partial charge in [0, 0.05) is 72.5 Å². The first-order valence-electron chi connectivity index (χ1n) is 22.9. The highest BCUT2D eigenvalue weighted by Gasteiger charge is 2.32. The van der Waals surface area contributed by atoms with Gasteiger partial charge in [0.15, 0.2) is 5.69 Å². The number of halogens is 3. The van der Waals surface area contributed by atoms with Crippen LogP contribution in [0.15, 0.2) is 243 Å². The highest BCUT2D eigenvalue weighted by molar-refractivity contribution is 6.13. The summed E-state index contributed by atoms with van der Waals surface area (Å²) in [5.74, 6) is 0. The molecule has 0 bridgehead atoms. The normalized spacial score (nSPS) is 11.6. The van der Waals surface area contributed by atoms with Crippen molar-refractivity contribution in [2.45, 2.75) is 6.18 Å². The Morgan fingerprint density at radius 1 is 0.343 bits per heavy atom. The second kappa shape index (κ2) is 17.1. The molecule has 5 nitrogen and oxygen atoms in total. The van der Waals surface area contributed by atoms with Crippen LogP contribution in [0.2, 0.25) is 0 Å². The molecule has 0 unspecified atom stereocenters. The lowest BCUT2D eigenvalue weighted by Gasteiger charge is -2.25. The number of fused-ring (bicyclic) bond motifs is 6. The lowest BCUT2D eigenvalue weighted by Crippen LogP contribution is -2.09. The molecule has 0 spiro atoms. The molecule has 2 aromatic heterocycles. The van der Waals surface area contributed by atoms with Crippen molar-refractivity contribution in [2.75, 3.05) is 9.80 Å². The van der Waals surface area contributed by atoms with Crippen molar-refractivity contribution in [3.05, 3.63) is 260 Å². The zero-order valence-electron chi connectivity index (χ0n) is 37.5. The molecule has 0 saturated carbocycles. The van der Waals surface area contributed by atoms with Crippen LogP contribution < -0.4 is 9.80 Å². The van der Waals surface area contributed by atoms with E-state index in [4.69, 9.17) is 6.57 Å². The van der Waals surface area contributed by atoms with Gasteiger partial charge in [0.25, 0.3) is 0 Å². The Morgan fingerprint density at radius 2 is 0.757 bits per heavy atom.